The topological polar surface area (TPSA) is 0 Å². The minimum atomic E-state index is 1.29. The standard InChI is InChI=1S/C24H50S/c1-3-5-6-7-8-9-10-11-12-13-14-15-16-17-18-19-20-21-22-23-24-25-4-2/h3-24H2,1-2H3. The maximum atomic E-state index is 2.30. The van der Waals surface area contributed by atoms with Gasteiger partial charge in [0.25, 0.3) is 0 Å². The molecule has 0 bridgehead atoms. The van der Waals surface area contributed by atoms with Crippen molar-refractivity contribution in [1.29, 1.82) is 0 Å². The van der Waals surface area contributed by atoms with Gasteiger partial charge >= 0.3 is 0 Å². The molecule has 0 atom stereocenters. The largest absolute Gasteiger partial charge is 0.162 e. The Morgan fingerprint density at radius 2 is 0.640 bits per heavy atom. The summed E-state index contributed by atoms with van der Waals surface area (Å²) in [6.45, 7) is 4.57. The zero-order valence-electron chi connectivity index (χ0n) is 18.0. The highest BCUT2D eigenvalue weighted by molar-refractivity contribution is 7.99. The van der Waals surface area contributed by atoms with Gasteiger partial charge in [-0.1, -0.05) is 136 Å². The number of thioether (sulfide) groups is 1. The summed E-state index contributed by atoms with van der Waals surface area (Å²) in [6, 6.07) is 0. The Hall–Kier alpha value is 0.350. The second-order valence-corrected chi connectivity index (χ2v) is 9.31. The fraction of sp³-hybridized carbons (Fsp3) is 1.00. The number of unbranched alkanes of at least 4 members (excludes halogenated alkanes) is 19. The molecule has 0 amide bonds. The first-order valence-corrected chi connectivity index (χ1v) is 13.1. The van der Waals surface area contributed by atoms with Crippen molar-refractivity contribution in [3.63, 3.8) is 0 Å². The normalized spacial score (nSPS) is 11.3. The van der Waals surface area contributed by atoms with E-state index in [0.29, 0.717) is 0 Å². The highest BCUT2D eigenvalue weighted by atomic mass is 32.2. The van der Waals surface area contributed by atoms with Crippen molar-refractivity contribution in [2.75, 3.05) is 11.5 Å². The molecule has 0 heterocycles. The van der Waals surface area contributed by atoms with Crippen molar-refractivity contribution in [2.24, 2.45) is 0 Å². The molecular weight excluding hydrogens is 320 g/mol. The van der Waals surface area contributed by atoms with Crippen LogP contribution in [0.1, 0.15) is 142 Å². The van der Waals surface area contributed by atoms with Gasteiger partial charge in [0.2, 0.25) is 0 Å². The predicted molar refractivity (Wildman–Crippen MR) is 121 cm³/mol. The summed E-state index contributed by atoms with van der Waals surface area (Å²) >= 11 is 2.10. The molecule has 0 unspecified atom stereocenters. The monoisotopic (exact) mass is 370 g/mol. The molecule has 0 rings (SSSR count). The lowest BCUT2D eigenvalue weighted by atomic mass is 10.0. The van der Waals surface area contributed by atoms with E-state index in [1.54, 1.807) is 0 Å². The highest BCUT2D eigenvalue weighted by Gasteiger charge is 1.95. The molecule has 0 aliphatic carbocycles. The van der Waals surface area contributed by atoms with Crippen LogP contribution < -0.4 is 0 Å². The van der Waals surface area contributed by atoms with Gasteiger partial charge in [0, 0.05) is 0 Å². The Bertz CT molecular complexity index is 192. The van der Waals surface area contributed by atoms with Gasteiger partial charge in [-0.2, -0.15) is 11.8 Å². The van der Waals surface area contributed by atoms with E-state index < -0.39 is 0 Å². The SMILES string of the molecule is CCCCCCCCCCCCCCCCCCCCCCSCC. The van der Waals surface area contributed by atoms with Crippen molar-refractivity contribution in [3.05, 3.63) is 0 Å². The lowest BCUT2D eigenvalue weighted by molar-refractivity contribution is 0.523. The molecule has 0 fully saturated rings. The second-order valence-electron chi connectivity index (χ2n) is 7.91. The van der Waals surface area contributed by atoms with Gasteiger partial charge in [0.15, 0.2) is 0 Å². The molecule has 0 radical (unpaired) electrons. The van der Waals surface area contributed by atoms with Gasteiger partial charge in [-0.25, -0.2) is 0 Å². The van der Waals surface area contributed by atoms with Crippen LogP contribution in [0.15, 0.2) is 0 Å². The lowest BCUT2D eigenvalue weighted by Gasteiger charge is -2.04. The molecule has 0 nitrogen and oxygen atoms in total. The molecule has 0 spiro atoms. The van der Waals surface area contributed by atoms with Crippen molar-refractivity contribution in [3.8, 4) is 0 Å². The van der Waals surface area contributed by atoms with Crippen LogP contribution in [0.2, 0.25) is 0 Å². The number of hydrogen-bond donors (Lipinski definition) is 0. The molecule has 0 saturated carbocycles. The third kappa shape index (κ3) is 24.4. The summed E-state index contributed by atoms with van der Waals surface area (Å²) < 4.78 is 0. The van der Waals surface area contributed by atoms with E-state index in [4.69, 9.17) is 0 Å². The summed E-state index contributed by atoms with van der Waals surface area (Å²) in [6.07, 6.45) is 29.5. The predicted octanol–water partition coefficient (Wildman–Crippen LogP) is 9.56. The summed E-state index contributed by atoms with van der Waals surface area (Å²) in [5, 5.41) is 0. The molecular formula is C24H50S. The Labute approximate surface area is 165 Å². The zero-order chi connectivity index (χ0) is 18.3. The van der Waals surface area contributed by atoms with E-state index in [-0.39, 0.29) is 0 Å². The summed E-state index contributed by atoms with van der Waals surface area (Å²) in [5.41, 5.74) is 0. The average Bonchev–Trinajstić information content (AvgIpc) is 2.63. The van der Waals surface area contributed by atoms with Crippen molar-refractivity contribution in [2.45, 2.75) is 142 Å². The first-order valence-electron chi connectivity index (χ1n) is 12.0. The molecule has 0 aliphatic heterocycles. The van der Waals surface area contributed by atoms with E-state index in [2.05, 4.69) is 25.6 Å². The Morgan fingerprint density at radius 1 is 0.360 bits per heavy atom. The molecule has 0 aliphatic rings. The van der Waals surface area contributed by atoms with Gasteiger partial charge in [-0.3, -0.25) is 0 Å². The minimum Gasteiger partial charge on any atom is -0.162 e. The fourth-order valence-electron chi connectivity index (χ4n) is 3.60. The molecule has 1 heteroatoms. The van der Waals surface area contributed by atoms with Crippen LogP contribution >= 0.6 is 11.8 Å². The van der Waals surface area contributed by atoms with E-state index in [1.807, 2.05) is 0 Å². The van der Waals surface area contributed by atoms with Gasteiger partial charge in [-0.05, 0) is 17.9 Å². The quantitative estimate of drug-likeness (QED) is 0.171. The molecule has 0 N–H and O–H groups in total. The van der Waals surface area contributed by atoms with Crippen LogP contribution in [-0.4, -0.2) is 11.5 Å². The summed E-state index contributed by atoms with van der Waals surface area (Å²) in [4.78, 5) is 0. The third-order valence-corrected chi connectivity index (χ3v) is 6.33. The molecule has 0 aromatic carbocycles. The van der Waals surface area contributed by atoms with E-state index in [1.165, 1.54) is 140 Å². The first-order chi connectivity index (χ1) is 12.4. The number of hydrogen-bond acceptors (Lipinski definition) is 1. The van der Waals surface area contributed by atoms with Crippen LogP contribution in [0.3, 0.4) is 0 Å². The van der Waals surface area contributed by atoms with Crippen molar-refractivity contribution in [1.82, 2.24) is 0 Å². The summed E-state index contributed by atoms with van der Waals surface area (Å²) in [7, 11) is 0. The average molecular weight is 371 g/mol. The maximum absolute atomic E-state index is 2.30. The molecule has 152 valence electrons. The van der Waals surface area contributed by atoms with Crippen LogP contribution in [0.25, 0.3) is 0 Å². The van der Waals surface area contributed by atoms with Gasteiger partial charge in [0.1, 0.15) is 0 Å². The highest BCUT2D eigenvalue weighted by Crippen LogP contribution is 2.15. The summed E-state index contributed by atoms with van der Waals surface area (Å²) in [5.74, 6) is 2.68. The maximum Gasteiger partial charge on any atom is -0.00676 e. The second kappa shape index (κ2) is 24.4. The van der Waals surface area contributed by atoms with E-state index in [9.17, 15) is 0 Å². The zero-order valence-corrected chi connectivity index (χ0v) is 18.8. The fourth-order valence-corrected chi connectivity index (χ4v) is 4.30. The van der Waals surface area contributed by atoms with Crippen molar-refractivity contribution >= 4 is 11.8 Å². The van der Waals surface area contributed by atoms with Gasteiger partial charge in [0.05, 0.1) is 0 Å². The molecule has 25 heavy (non-hydrogen) atoms. The molecule has 0 aromatic heterocycles. The first kappa shape index (κ1) is 25.4. The van der Waals surface area contributed by atoms with Crippen LogP contribution in [0.5, 0.6) is 0 Å². The lowest BCUT2D eigenvalue weighted by Crippen LogP contribution is -1.85. The molecule has 0 saturated heterocycles. The minimum absolute atomic E-state index is 1.29. The van der Waals surface area contributed by atoms with E-state index >= 15 is 0 Å². The van der Waals surface area contributed by atoms with Crippen LogP contribution in [0.4, 0.5) is 0 Å². The van der Waals surface area contributed by atoms with Crippen molar-refractivity contribution < 1.29 is 0 Å². The number of rotatable bonds is 22. The van der Waals surface area contributed by atoms with Crippen LogP contribution in [0, 0.1) is 0 Å². The van der Waals surface area contributed by atoms with E-state index in [0.717, 1.165) is 0 Å². The smallest absolute Gasteiger partial charge is 0.00676 e. The Balaban J connectivity index is 2.94. The third-order valence-electron chi connectivity index (χ3n) is 5.35. The Kier molecular flexibility index (Phi) is 24.7. The van der Waals surface area contributed by atoms with Gasteiger partial charge < -0.3 is 0 Å². The van der Waals surface area contributed by atoms with Gasteiger partial charge in [-0.15, -0.1) is 0 Å². The Morgan fingerprint density at radius 3 is 0.920 bits per heavy atom. The molecule has 0 aromatic rings. The van der Waals surface area contributed by atoms with Crippen LogP contribution in [-0.2, 0) is 0 Å².